The first-order valence-corrected chi connectivity index (χ1v) is 6.49. The summed E-state index contributed by atoms with van der Waals surface area (Å²) < 4.78 is 0. The van der Waals surface area contributed by atoms with Crippen molar-refractivity contribution in [2.45, 2.75) is 51.4 Å². The average molecular weight is 216 g/mol. The van der Waals surface area contributed by atoms with E-state index >= 15 is 0 Å². The van der Waals surface area contributed by atoms with Gasteiger partial charge in [-0.05, 0) is 24.8 Å². The number of benzene rings is 1. The third-order valence-electron chi connectivity index (χ3n) is 3.42. The summed E-state index contributed by atoms with van der Waals surface area (Å²) in [5, 5.41) is 0. The van der Waals surface area contributed by atoms with Gasteiger partial charge in [0.2, 0.25) is 0 Å². The van der Waals surface area contributed by atoms with Crippen LogP contribution in [-0.2, 0) is 6.42 Å². The molecule has 1 nitrogen and oxygen atoms in total. The highest BCUT2D eigenvalue weighted by Crippen LogP contribution is 2.19. The van der Waals surface area contributed by atoms with Crippen LogP contribution in [0.1, 0.15) is 60.9 Å². The number of rotatable bonds is 0. The van der Waals surface area contributed by atoms with Gasteiger partial charge in [-0.25, -0.2) is 0 Å². The highest BCUT2D eigenvalue weighted by Gasteiger charge is 2.11. The number of carbonyl (C=O) groups is 1. The molecule has 2 rings (SSSR count). The molecule has 1 aliphatic rings. The van der Waals surface area contributed by atoms with Gasteiger partial charge in [-0.3, -0.25) is 4.79 Å². The predicted octanol–water partition coefficient (Wildman–Crippen LogP) is 4.16. The first-order chi connectivity index (χ1) is 7.88. The summed E-state index contributed by atoms with van der Waals surface area (Å²) in [6.07, 6.45) is 9.24. The lowest BCUT2D eigenvalue weighted by molar-refractivity contribution is 0.0978. The molecule has 1 aromatic carbocycles. The van der Waals surface area contributed by atoms with Crippen LogP contribution < -0.4 is 0 Å². The lowest BCUT2D eigenvalue weighted by atomic mass is 9.97. The molecule has 0 aliphatic heterocycles. The standard InChI is InChI=1S/C15H20O/c16-15-12-6-4-2-1-3-5-9-13-10-7-8-11-14(13)15/h7-8,10-11H,1-6,9,12H2. The van der Waals surface area contributed by atoms with Crippen LogP contribution in [0, 0.1) is 0 Å². The van der Waals surface area contributed by atoms with Gasteiger partial charge in [0, 0.05) is 12.0 Å². The van der Waals surface area contributed by atoms with Gasteiger partial charge in [0.1, 0.15) is 0 Å². The lowest BCUT2D eigenvalue weighted by Crippen LogP contribution is -2.03. The van der Waals surface area contributed by atoms with E-state index in [1.165, 1.54) is 37.7 Å². The van der Waals surface area contributed by atoms with Crippen LogP contribution in [0.5, 0.6) is 0 Å². The van der Waals surface area contributed by atoms with E-state index in [1.807, 2.05) is 18.2 Å². The molecular weight excluding hydrogens is 196 g/mol. The predicted molar refractivity (Wildman–Crippen MR) is 66.8 cm³/mol. The first-order valence-electron chi connectivity index (χ1n) is 6.49. The van der Waals surface area contributed by atoms with Crippen LogP contribution in [0.2, 0.25) is 0 Å². The molecular formula is C15H20O. The Hall–Kier alpha value is -1.11. The van der Waals surface area contributed by atoms with E-state index in [1.54, 1.807) is 0 Å². The monoisotopic (exact) mass is 216 g/mol. The van der Waals surface area contributed by atoms with E-state index in [9.17, 15) is 4.79 Å². The number of hydrogen-bond acceptors (Lipinski definition) is 1. The molecule has 0 bridgehead atoms. The van der Waals surface area contributed by atoms with Crippen LogP contribution in [0.4, 0.5) is 0 Å². The Labute approximate surface area is 97.9 Å². The Kier molecular flexibility index (Phi) is 4.15. The third-order valence-corrected chi connectivity index (χ3v) is 3.42. The van der Waals surface area contributed by atoms with Crippen LogP contribution in [-0.4, -0.2) is 5.78 Å². The SMILES string of the molecule is O=C1CCCCCCCCc2ccccc21. The van der Waals surface area contributed by atoms with E-state index in [0.717, 1.165) is 24.8 Å². The molecule has 0 aromatic heterocycles. The summed E-state index contributed by atoms with van der Waals surface area (Å²) in [5.74, 6) is 0.345. The Morgan fingerprint density at radius 3 is 2.19 bits per heavy atom. The van der Waals surface area contributed by atoms with Crippen molar-refractivity contribution in [2.24, 2.45) is 0 Å². The van der Waals surface area contributed by atoms with Gasteiger partial charge in [-0.15, -0.1) is 0 Å². The minimum absolute atomic E-state index is 0.345. The quantitative estimate of drug-likeness (QED) is 0.636. The molecule has 0 fully saturated rings. The number of aryl methyl sites for hydroxylation is 1. The van der Waals surface area contributed by atoms with E-state index in [0.29, 0.717) is 5.78 Å². The molecule has 0 spiro atoms. The van der Waals surface area contributed by atoms with E-state index in [4.69, 9.17) is 0 Å². The number of ketones is 1. The fourth-order valence-electron chi connectivity index (χ4n) is 2.45. The molecule has 0 N–H and O–H groups in total. The second-order valence-electron chi connectivity index (χ2n) is 4.70. The summed E-state index contributed by atoms with van der Waals surface area (Å²) in [6, 6.07) is 8.14. The van der Waals surface area contributed by atoms with Gasteiger partial charge in [0.25, 0.3) is 0 Å². The Balaban J connectivity index is 2.17. The molecule has 0 saturated carbocycles. The molecule has 1 aliphatic carbocycles. The maximum Gasteiger partial charge on any atom is 0.163 e. The van der Waals surface area contributed by atoms with Gasteiger partial charge in [-0.1, -0.05) is 49.9 Å². The molecule has 0 amide bonds. The zero-order valence-electron chi connectivity index (χ0n) is 9.87. The second kappa shape index (κ2) is 5.83. The van der Waals surface area contributed by atoms with Crippen molar-refractivity contribution in [3.05, 3.63) is 35.4 Å². The zero-order chi connectivity index (χ0) is 11.2. The van der Waals surface area contributed by atoms with Crippen molar-refractivity contribution in [1.29, 1.82) is 0 Å². The number of hydrogen-bond donors (Lipinski definition) is 0. The summed E-state index contributed by atoms with van der Waals surface area (Å²) in [7, 11) is 0. The summed E-state index contributed by atoms with van der Waals surface area (Å²) in [6.45, 7) is 0. The lowest BCUT2D eigenvalue weighted by Gasteiger charge is -2.07. The normalized spacial score (nSPS) is 18.6. The smallest absolute Gasteiger partial charge is 0.163 e. The maximum atomic E-state index is 12.0. The van der Waals surface area contributed by atoms with E-state index < -0.39 is 0 Å². The molecule has 0 atom stereocenters. The Morgan fingerprint density at radius 1 is 0.750 bits per heavy atom. The van der Waals surface area contributed by atoms with Crippen LogP contribution >= 0.6 is 0 Å². The number of fused-ring (bicyclic) bond motifs is 1. The van der Waals surface area contributed by atoms with Crippen molar-refractivity contribution in [3.63, 3.8) is 0 Å². The van der Waals surface area contributed by atoms with Gasteiger partial charge in [0.05, 0.1) is 0 Å². The first kappa shape index (κ1) is 11.4. The molecule has 16 heavy (non-hydrogen) atoms. The van der Waals surface area contributed by atoms with Gasteiger partial charge < -0.3 is 0 Å². The topological polar surface area (TPSA) is 17.1 Å². The Morgan fingerprint density at radius 2 is 1.38 bits per heavy atom. The van der Waals surface area contributed by atoms with Crippen LogP contribution in [0.25, 0.3) is 0 Å². The van der Waals surface area contributed by atoms with Crippen LogP contribution in [0.15, 0.2) is 24.3 Å². The largest absolute Gasteiger partial charge is 0.294 e. The highest BCUT2D eigenvalue weighted by atomic mass is 16.1. The zero-order valence-corrected chi connectivity index (χ0v) is 9.87. The molecule has 1 aromatic rings. The highest BCUT2D eigenvalue weighted by molar-refractivity contribution is 5.97. The molecule has 1 heteroatoms. The summed E-state index contributed by atoms with van der Waals surface area (Å²) in [4.78, 5) is 12.0. The minimum Gasteiger partial charge on any atom is -0.294 e. The third kappa shape index (κ3) is 2.94. The fraction of sp³-hybridized carbons (Fsp3) is 0.533. The van der Waals surface area contributed by atoms with Crippen molar-refractivity contribution in [2.75, 3.05) is 0 Å². The summed E-state index contributed by atoms with van der Waals surface area (Å²) in [5.41, 5.74) is 2.24. The molecule has 0 heterocycles. The molecule has 0 unspecified atom stereocenters. The van der Waals surface area contributed by atoms with Crippen LogP contribution in [0.3, 0.4) is 0 Å². The van der Waals surface area contributed by atoms with Gasteiger partial charge >= 0.3 is 0 Å². The Bertz CT molecular complexity index is 354. The van der Waals surface area contributed by atoms with E-state index in [2.05, 4.69) is 6.07 Å². The van der Waals surface area contributed by atoms with Crippen molar-refractivity contribution < 1.29 is 4.79 Å². The summed E-state index contributed by atoms with van der Waals surface area (Å²) >= 11 is 0. The maximum absolute atomic E-state index is 12.0. The molecule has 0 radical (unpaired) electrons. The van der Waals surface area contributed by atoms with Gasteiger partial charge in [-0.2, -0.15) is 0 Å². The van der Waals surface area contributed by atoms with E-state index in [-0.39, 0.29) is 0 Å². The molecule has 86 valence electrons. The number of Topliss-reactive ketones (excluding diaryl/α,β-unsaturated/α-hetero) is 1. The molecule has 0 saturated heterocycles. The fourth-order valence-corrected chi connectivity index (χ4v) is 2.45. The van der Waals surface area contributed by atoms with Crippen molar-refractivity contribution in [3.8, 4) is 0 Å². The number of carbonyl (C=O) groups excluding carboxylic acids is 1. The minimum atomic E-state index is 0.345. The second-order valence-corrected chi connectivity index (χ2v) is 4.70. The average Bonchev–Trinajstić information content (AvgIpc) is 2.35. The van der Waals surface area contributed by atoms with Crippen molar-refractivity contribution >= 4 is 5.78 Å². The van der Waals surface area contributed by atoms with Crippen molar-refractivity contribution in [1.82, 2.24) is 0 Å². The van der Waals surface area contributed by atoms with Gasteiger partial charge in [0.15, 0.2) is 5.78 Å².